The quantitative estimate of drug-likeness (QED) is 0.692. The summed E-state index contributed by atoms with van der Waals surface area (Å²) in [6.45, 7) is 14.3. The van der Waals surface area contributed by atoms with Crippen molar-refractivity contribution in [3.8, 4) is 0 Å². The predicted molar refractivity (Wildman–Crippen MR) is 68.5 cm³/mol. The first-order valence-corrected chi connectivity index (χ1v) is 6.29. The first-order valence-electron chi connectivity index (χ1n) is 6.29. The second kappa shape index (κ2) is 6.38. The molecule has 2 atom stereocenters. The van der Waals surface area contributed by atoms with Crippen LogP contribution in [0.15, 0.2) is 12.2 Å². The largest absolute Gasteiger partial charge is 0.393 e. The number of nitrogens with one attached hydrogen (secondary N) is 1. The Labute approximate surface area is 99.5 Å². The highest BCUT2D eigenvalue weighted by atomic mass is 16.3. The van der Waals surface area contributed by atoms with Gasteiger partial charge in [0.1, 0.15) is 0 Å². The number of likely N-dealkylation sites (tertiary alicyclic amines) is 1. The molecule has 3 nitrogen and oxygen atoms in total. The Bertz CT molecular complexity index is 228. The van der Waals surface area contributed by atoms with Gasteiger partial charge in [-0.2, -0.15) is 0 Å². The average molecular weight is 226 g/mol. The van der Waals surface area contributed by atoms with E-state index in [1.165, 1.54) is 5.57 Å². The molecule has 3 heteroatoms. The first kappa shape index (κ1) is 13.7. The zero-order valence-electron chi connectivity index (χ0n) is 10.9. The van der Waals surface area contributed by atoms with Crippen LogP contribution in [0.1, 0.15) is 27.2 Å². The van der Waals surface area contributed by atoms with Crippen LogP contribution in [0.5, 0.6) is 0 Å². The number of hydrogen-bond donors (Lipinski definition) is 2. The summed E-state index contributed by atoms with van der Waals surface area (Å²) in [5.74, 6) is 0.389. The summed E-state index contributed by atoms with van der Waals surface area (Å²) in [4.78, 5) is 2.39. The van der Waals surface area contributed by atoms with Crippen LogP contribution in [0.2, 0.25) is 0 Å². The van der Waals surface area contributed by atoms with Gasteiger partial charge in [-0.3, -0.25) is 4.90 Å². The third kappa shape index (κ3) is 4.64. The molecule has 1 aliphatic rings. The molecule has 0 bridgehead atoms. The number of aliphatic hydroxyl groups excluding tert-OH is 1. The van der Waals surface area contributed by atoms with Crippen LogP contribution in [0.3, 0.4) is 0 Å². The van der Waals surface area contributed by atoms with E-state index in [0.29, 0.717) is 12.0 Å². The van der Waals surface area contributed by atoms with Crippen LogP contribution >= 0.6 is 0 Å². The Morgan fingerprint density at radius 2 is 2.25 bits per heavy atom. The van der Waals surface area contributed by atoms with Gasteiger partial charge in [-0.1, -0.05) is 27.4 Å². The van der Waals surface area contributed by atoms with Crippen LogP contribution in [0, 0.1) is 5.92 Å². The van der Waals surface area contributed by atoms with E-state index >= 15 is 0 Å². The van der Waals surface area contributed by atoms with E-state index in [0.717, 1.165) is 32.6 Å². The van der Waals surface area contributed by atoms with Gasteiger partial charge in [0.25, 0.3) is 0 Å². The zero-order valence-corrected chi connectivity index (χ0v) is 10.9. The van der Waals surface area contributed by atoms with Crippen molar-refractivity contribution in [2.24, 2.45) is 5.92 Å². The van der Waals surface area contributed by atoms with Crippen molar-refractivity contribution in [3.63, 3.8) is 0 Å². The second-order valence-electron chi connectivity index (χ2n) is 5.35. The summed E-state index contributed by atoms with van der Waals surface area (Å²) < 4.78 is 0. The van der Waals surface area contributed by atoms with Gasteiger partial charge in [-0.05, 0) is 17.9 Å². The molecule has 0 aromatic rings. The van der Waals surface area contributed by atoms with E-state index in [1.807, 2.05) is 0 Å². The molecular formula is C13H26N2O. The zero-order chi connectivity index (χ0) is 12.1. The molecule has 1 fully saturated rings. The molecule has 0 aromatic carbocycles. The lowest BCUT2D eigenvalue weighted by atomic mass is 9.96. The fourth-order valence-corrected chi connectivity index (χ4v) is 2.08. The molecule has 0 aliphatic carbocycles. The van der Waals surface area contributed by atoms with E-state index in [1.54, 1.807) is 0 Å². The third-order valence-corrected chi connectivity index (χ3v) is 3.15. The smallest absolute Gasteiger partial charge is 0.0590 e. The molecule has 1 aliphatic heterocycles. The van der Waals surface area contributed by atoms with Crippen molar-refractivity contribution in [1.82, 2.24) is 10.2 Å². The molecule has 94 valence electrons. The standard InChI is InChI=1S/C13H26N2O/c1-10(2)14-7-11(3)8-15-6-5-13(16)12(4)9-15/h10,12-14,16H,3,5-9H2,1-2,4H3. The molecule has 1 heterocycles. The summed E-state index contributed by atoms with van der Waals surface area (Å²) in [7, 11) is 0. The minimum Gasteiger partial charge on any atom is -0.393 e. The second-order valence-corrected chi connectivity index (χ2v) is 5.35. The van der Waals surface area contributed by atoms with E-state index < -0.39 is 0 Å². The lowest BCUT2D eigenvalue weighted by Gasteiger charge is -2.34. The summed E-state index contributed by atoms with van der Waals surface area (Å²) >= 11 is 0. The Hall–Kier alpha value is -0.380. The molecule has 0 spiro atoms. The van der Waals surface area contributed by atoms with E-state index in [4.69, 9.17) is 0 Å². The lowest BCUT2D eigenvalue weighted by molar-refractivity contribution is 0.0385. The molecule has 16 heavy (non-hydrogen) atoms. The molecule has 0 amide bonds. The van der Waals surface area contributed by atoms with Crippen LogP contribution < -0.4 is 5.32 Å². The van der Waals surface area contributed by atoms with Gasteiger partial charge < -0.3 is 10.4 Å². The first-order chi connectivity index (χ1) is 7.49. The van der Waals surface area contributed by atoms with Gasteiger partial charge in [0.05, 0.1) is 6.10 Å². The van der Waals surface area contributed by atoms with Crippen molar-refractivity contribution in [2.45, 2.75) is 39.3 Å². The lowest BCUT2D eigenvalue weighted by Crippen LogP contribution is -2.43. The summed E-state index contributed by atoms with van der Waals surface area (Å²) in [5.41, 5.74) is 1.23. The molecular weight excluding hydrogens is 200 g/mol. The number of aliphatic hydroxyl groups is 1. The minimum atomic E-state index is -0.113. The highest BCUT2D eigenvalue weighted by Gasteiger charge is 2.23. The van der Waals surface area contributed by atoms with Gasteiger partial charge in [0.2, 0.25) is 0 Å². The van der Waals surface area contributed by atoms with Crippen molar-refractivity contribution in [2.75, 3.05) is 26.2 Å². The van der Waals surface area contributed by atoms with Crippen molar-refractivity contribution < 1.29 is 5.11 Å². The van der Waals surface area contributed by atoms with Crippen molar-refractivity contribution in [1.29, 1.82) is 0 Å². The summed E-state index contributed by atoms with van der Waals surface area (Å²) in [5, 5.41) is 13.0. The number of nitrogens with zero attached hydrogens (tertiary/aromatic N) is 1. The van der Waals surface area contributed by atoms with Gasteiger partial charge in [-0.25, -0.2) is 0 Å². The molecule has 2 N–H and O–H groups in total. The van der Waals surface area contributed by atoms with E-state index in [-0.39, 0.29) is 6.10 Å². The van der Waals surface area contributed by atoms with Crippen LogP contribution in [0.4, 0.5) is 0 Å². The number of hydrogen-bond acceptors (Lipinski definition) is 3. The van der Waals surface area contributed by atoms with Gasteiger partial charge in [-0.15, -0.1) is 0 Å². The van der Waals surface area contributed by atoms with Crippen LogP contribution in [-0.2, 0) is 0 Å². The molecule has 2 unspecified atom stereocenters. The van der Waals surface area contributed by atoms with Gasteiger partial charge >= 0.3 is 0 Å². The predicted octanol–water partition coefficient (Wildman–Crippen LogP) is 1.24. The highest BCUT2D eigenvalue weighted by Crippen LogP contribution is 2.16. The van der Waals surface area contributed by atoms with Crippen LogP contribution in [0.25, 0.3) is 0 Å². The molecule has 0 saturated carbocycles. The molecule has 1 saturated heterocycles. The fourth-order valence-electron chi connectivity index (χ4n) is 2.08. The monoisotopic (exact) mass is 226 g/mol. The van der Waals surface area contributed by atoms with Crippen molar-refractivity contribution in [3.05, 3.63) is 12.2 Å². The summed E-state index contributed by atoms with van der Waals surface area (Å²) in [6, 6.07) is 0.513. The molecule has 0 aromatic heterocycles. The fraction of sp³-hybridized carbons (Fsp3) is 0.846. The van der Waals surface area contributed by atoms with E-state index in [2.05, 4.69) is 37.6 Å². The molecule has 1 rings (SSSR count). The van der Waals surface area contributed by atoms with E-state index in [9.17, 15) is 5.11 Å². The topological polar surface area (TPSA) is 35.5 Å². The van der Waals surface area contributed by atoms with Gasteiger partial charge in [0, 0.05) is 32.2 Å². The number of piperidine rings is 1. The Morgan fingerprint density at radius 1 is 1.56 bits per heavy atom. The van der Waals surface area contributed by atoms with Gasteiger partial charge in [0.15, 0.2) is 0 Å². The minimum absolute atomic E-state index is 0.113. The summed E-state index contributed by atoms with van der Waals surface area (Å²) in [6.07, 6.45) is 0.782. The Balaban J connectivity index is 2.24. The molecule has 0 radical (unpaired) electrons. The third-order valence-electron chi connectivity index (χ3n) is 3.15. The highest BCUT2D eigenvalue weighted by molar-refractivity contribution is 5.01. The SMILES string of the molecule is C=C(CNC(C)C)CN1CCC(O)C(C)C1. The Morgan fingerprint density at radius 3 is 2.81 bits per heavy atom. The maximum Gasteiger partial charge on any atom is 0.0590 e. The maximum atomic E-state index is 9.64. The normalized spacial score (nSPS) is 27.3. The Kier molecular flexibility index (Phi) is 5.46. The van der Waals surface area contributed by atoms with Crippen molar-refractivity contribution >= 4 is 0 Å². The average Bonchev–Trinajstić information content (AvgIpc) is 2.21. The van der Waals surface area contributed by atoms with Crippen LogP contribution in [-0.4, -0.2) is 48.3 Å². The maximum absolute atomic E-state index is 9.64. The number of rotatable bonds is 5.